The number of pyridine rings is 1. The molecule has 0 unspecified atom stereocenters. The van der Waals surface area contributed by atoms with Crippen LogP contribution in [0.2, 0.25) is 0 Å². The average Bonchev–Trinajstić information content (AvgIpc) is 2.14. The van der Waals surface area contributed by atoms with E-state index in [4.69, 9.17) is 0 Å². The van der Waals surface area contributed by atoms with Crippen LogP contribution in [-0.4, -0.2) is 9.91 Å². The van der Waals surface area contributed by atoms with Crippen molar-refractivity contribution in [2.24, 2.45) is 0 Å². The van der Waals surface area contributed by atoms with Gasteiger partial charge in [-0.2, -0.15) is 13.2 Å². The predicted molar refractivity (Wildman–Crippen MR) is 40.9 cm³/mol. The molecule has 9 heteroatoms. The monoisotopic (exact) mass is 242 g/mol. The van der Waals surface area contributed by atoms with Gasteiger partial charge in [-0.1, -0.05) is 0 Å². The minimum atomic E-state index is -5.15. The van der Waals surface area contributed by atoms with E-state index in [9.17, 15) is 32.1 Å². The second-order valence-corrected chi connectivity index (χ2v) is 2.65. The maximum atomic E-state index is 12.3. The van der Waals surface area contributed by atoms with Gasteiger partial charge in [-0.05, 0) is 6.07 Å². The summed E-state index contributed by atoms with van der Waals surface area (Å²) in [5, 5.41) is 10.3. The highest BCUT2D eigenvalue weighted by Crippen LogP contribution is 2.39. The fourth-order valence-corrected chi connectivity index (χ4v) is 1.04. The molecule has 0 aliphatic heterocycles. The zero-order chi connectivity index (χ0) is 12.5. The second kappa shape index (κ2) is 3.99. The summed E-state index contributed by atoms with van der Waals surface area (Å²) in [6, 6.07) is 0.484. The minimum absolute atomic E-state index is 0.456. The Morgan fingerprint density at radius 2 is 1.94 bits per heavy atom. The molecule has 0 amide bonds. The van der Waals surface area contributed by atoms with Crippen molar-refractivity contribution in [3.8, 4) is 0 Å². The smallest absolute Gasteiger partial charge is 0.258 e. The van der Waals surface area contributed by atoms with E-state index < -0.39 is 34.5 Å². The van der Waals surface area contributed by atoms with Crippen LogP contribution in [0.15, 0.2) is 12.3 Å². The molecule has 0 N–H and O–H groups in total. The number of nitro groups is 1. The van der Waals surface area contributed by atoms with E-state index in [0.717, 1.165) is 0 Å². The fraction of sp³-hybridized carbons (Fsp3) is 0.286. The lowest BCUT2D eigenvalue weighted by molar-refractivity contribution is -0.390. The largest absolute Gasteiger partial charge is 0.440 e. The van der Waals surface area contributed by atoms with Gasteiger partial charge in [-0.3, -0.25) is 10.1 Å². The lowest BCUT2D eigenvalue weighted by atomic mass is 10.2. The van der Waals surface area contributed by atoms with Gasteiger partial charge in [0.15, 0.2) is 0 Å². The Labute approximate surface area is 84.9 Å². The summed E-state index contributed by atoms with van der Waals surface area (Å²) in [6.07, 6.45) is -8.06. The number of aromatic nitrogens is 1. The fourth-order valence-electron chi connectivity index (χ4n) is 1.04. The zero-order valence-corrected chi connectivity index (χ0v) is 7.33. The number of hydrogen-bond acceptors (Lipinski definition) is 3. The van der Waals surface area contributed by atoms with Gasteiger partial charge < -0.3 is 0 Å². The van der Waals surface area contributed by atoms with Crippen molar-refractivity contribution in [3.63, 3.8) is 0 Å². The Kier molecular flexibility index (Phi) is 3.06. The van der Waals surface area contributed by atoms with Gasteiger partial charge in [-0.25, -0.2) is 13.8 Å². The second-order valence-electron chi connectivity index (χ2n) is 2.65. The summed E-state index contributed by atoms with van der Waals surface area (Å²) >= 11 is 0. The third-order valence-corrected chi connectivity index (χ3v) is 1.64. The van der Waals surface area contributed by atoms with E-state index >= 15 is 0 Å². The molecule has 4 nitrogen and oxygen atoms in total. The third-order valence-electron chi connectivity index (χ3n) is 1.64. The third kappa shape index (κ3) is 2.23. The Morgan fingerprint density at radius 1 is 1.38 bits per heavy atom. The molecule has 0 aliphatic carbocycles. The topological polar surface area (TPSA) is 56.0 Å². The van der Waals surface area contributed by atoms with Gasteiger partial charge in [0.25, 0.3) is 6.43 Å². The Hall–Kier alpha value is -1.80. The molecule has 1 rings (SSSR count). The van der Waals surface area contributed by atoms with Crippen LogP contribution in [0.25, 0.3) is 0 Å². The summed E-state index contributed by atoms with van der Waals surface area (Å²) in [7, 11) is 0. The van der Waals surface area contributed by atoms with E-state index in [-0.39, 0.29) is 0 Å². The van der Waals surface area contributed by atoms with Crippen LogP contribution in [0.3, 0.4) is 0 Å². The van der Waals surface area contributed by atoms with E-state index in [2.05, 4.69) is 4.98 Å². The minimum Gasteiger partial charge on any atom is -0.258 e. The highest BCUT2D eigenvalue weighted by molar-refractivity contribution is 5.45. The molecule has 0 atom stereocenters. The summed E-state index contributed by atoms with van der Waals surface area (Å²) in [5.41, 5.74) is -4.92. The molecule has 1 aromatic heterocycles. The van der Waals surface area contributed by atoms with Gasteiger partial charge >= 0.3 is 11.9 Å². The van der Waals surface area contributed by atoms with Crippen molar-refractivity contribution in [2.75, 3.05) is 0 Å². The highest BCUT2D eigenvalue weighted by atomic mass is 19.4. The van der Waals surface area contributed by atoms with Crippen molar-refractivity contribution >= 4 is 5.69 Å². The number of halogens is 5. The predicted octanol–water partition coefficient (Wildman–Crippen LogP) is 2.95. The first-order chi connectivity index (χ1) is 7.25. The van der Waals surface area contributed by atoms with Gasteiger partial charge in [0.05, 0.1) is 10.5 Å². The molecule has 1 heterocycles. The molecule has 0 radical (unpaired) electrons. The highest BCUT2D eigenvalue weighted by Gasteiger charge is 2.43. The number of alkyl halides is 5. The van der Waals surface area contributed by atoms with E-state index in [0.29, 0.717) is 12.3 Å². The van der Waals surface area contributed by atoms with Crippen molar-refractivity contribution < 1.29 is 26.9 Å². The van der Waals surface area contributed by atoms with Crippen LogP contribution in [0.5, 0.6) is 0 Å². The Balaban J connectivity index is 3.52. The first-order valence-electron chi connectivity index (χ1n) is 3.73. The van der Waals surface area contributed by atoms with Crippen LogP contribution < -0.4 is 0 Å². The number of hydrogen-bond donors (Lipinski definition) is 0. The Bertz CT molecular complexity index is 418. The first-order valence-corrected chi connectivity index (χ1v) is 3.73. The normalized spacial score (nSPS) is 11.9. The van der Waals surface area contributed by atoms with Gasteiger partial charge in [-0.15, -0.1) is 0 Å². The Morgan fingerprint density at radius 3 is 2.31 bits per heavy atom. The summed E-state index contributed by atoms with van der Waals surface area (Å²) < 4.78 is 61.2. The van der Waals surface area contributed by atoms with Crippen LogP contribution in [-0.2, 0) is 6.18 Å². The van der Waals surface area contributed by atoms with E-state index in [1.54, 1.807) is 0 Å². The van der Waals surface area contributed by atoms with Crippen molar-refractivity contribution in [3.05, 3.63) is 33.6 Å². The molecule has 16 heavy (non-hydrogen) atoms. The standard InChI is InChI=1S/C7H3F5N2O2/c8-6(9)3-1-2-13-5(7(10,11)12)4(3)14(15)16/h1-2,6H. The summed E-state index contributed by atoms with van der Waals surface area (Å²) in [6.45, 7) is 0. The van der Waals surface area contributed by atoms with E-state index in [1.165, 1.54) is 0 Å². The molecule has 0 saturated heterocycles. The lowest BCUT2D eigenvalue weighted by Crippen LogP contribution is -2.13. The van der Waals surface area contributed by atoms with Crippen LogP contribution in [0.1, 0.15) is 17.7 Å². The number of rotatable bonds is 2. The van der Waals surface area contributed by atoms with Gasteiger partial charge in [0, 0.05) is 6.20 Å². The summed E-state index contributed by atoms with van der Waals surface area (Å²) in [5.74, 6) is 0. The molecule has 0 aliphatic rings. The van der Waals surface area contributed by atoms with Gasteiger partial charge in [0.2, 0.25) is 5.69 Å². The average molecular weight is 242 g/mol. The molecule has 0 saturated carbocycles. The molecule has 88 valence electrons. The van der Waals surface area contributed by atoms with E-state index in [1.807, 2.05) is 0 Å². The number of nitrogens with zero attached hydrogens (tertiary/aromatic N) is 2. The molecule has 0 spiro atoms. The van der Waals surface area contributed by atoms with Crippen molar-refractivity contribution in [2.45, 2.75) is 12.6 Å². The molecular weight excluding hydrogens is 239 g/mol. The lowest BCUT2D eigenvalue weighted by Gasteiger charge is -2.08. The van der Waals surface area contributed by atoms with Crippen molar-refractivity contribution in [1.82, 2.24) is 4.98 Å². The van der Waals surface area contributed by atoms with Crippen LogP contribution in [0, 0.1) is 10.1 Å². The zero-order valence-electron chi connectivity index (χ0n) is 7.33. The molecule has 1 aromatic rings. The van der Waals surface area contributed by atoms with Crippen LogP contribution >= 0.6 is 0 Å². The SMILES string of the molecule is O=[N+]([O-])c1c(C(F)F)ccnc1C(F)(F)F. The first kappa shape index (κ1) is 12.3. The summed E-state index contributed by atoms with van der Waals surface area (Å²) in [4.78, 5) is 11.5. The van der Waals surface area contributed by atoms with Crippen molar-refractivity contribution in [1.29, 1.82) is 0 Å². The van der Waals surface area contributed by atoms with Gasteiger partial charge in [0.1, 0.15) is 0 Å². The molecule has 0 fully saturated rings. The molecule has 0 aromatic carbocycles. The van der Waals surface area contributed by atoms with Crippen LogP contribution in [0.4, 0.5) is 27.6 Å². The quantitative estimate of drug-likeness (QED) is 0.455. The molecule has 0 bridgehead atoms. The molecular formula is C7H3F5N2O2. The maximum absolute atomic E-state index is 12.3. The maximum Gasteiger partial charge on any atom is 0.440 e.